The van der Waals surface area contributed by atoms with Crippen molar-refractivity contribution in [2.24, 2.45) is 12.2 Å². The van der Waals surface area contributed by atoms with Crippen LogP contribution in [0.1, 0.15) is 5.56 Å². The lowest BCUT2D eigenvalue weighted by atomic mass is 10.3. The second-order valence-electron chi connectivity index (χ2n) is 4.23. The Morgan fingerprint density at radius 3 is 2.68 bits per heavy atom. The first-order chi connectivity index (χ1) is 8.86. The van der Waals surface area contributed by atoms with Crippen molar-refractivity contribution in [2.45, 2.75) is 11.4 Å². The molecule has 0 aliphatic rings. The van der Waals surface area contributed by atoms with Gasteiger partial charge in [-0.1, -0.05) is 11.6 Å². The first-order valence-electron chi connectivity index (χ1n) is 5.53. The van der Waals surface area contributed by atoms with Gasteiger partial charge in [-0.3, -0.25) is 0 Å². The van der Waals surface area contributed by atoms with Gasteiger partial charge < -0.3 is 9.88 Å². The molecule has 1 heterocycles. The van der Waals surface area contributed by atoms with E-state index in [2.05, 4.69) is 5.32 Å². The van der Waals surface area contributed by atoms with Crippen LogP contribution in [-0.2, 0) is 23.6 Å². The Morgan fingerprint density at radius 1 is 1.37 bits per heavy atom. The van der Waals surface area contributed by atoms with Crippen molar-refractivity contribution in [3.8, 4) is 0 Å². The second-order valence-corrected chi connectivity index (χ2v) is 6.19. The van der Waals surface area contributed by atoms with E-state index in [0.29, 0.717) is 17.3 Å². The fourth-order valence-electron chi connectivity index (χ4n) is 1.68. The highest BCUT2D eigenvalue weighted by Gasteiger charge is 2.10. The molecule has 0 saturated carbocycles. The summed E-state index contributed by atoms with van der Waals surface area (Å²) in [5.41, 5.74) is 1.61. The minimum Gasteiger partial charge on any atom is -0.380 e. The summed E-state index contributed by atoms with van der Waals surface area (Å²) in [4.78, 5) is 0.0347. The number of aromatic nitrogens is 1. The van der Waals surface area contributed by atoms with Gasteiger partial charge in [0.15, 0.2) is 0 Å². The van der Waals surface area contributed by atoms with Gasteiger partial charge in [-0.25, -0.2) is 13.6 Å². The normalized spacial score (nSPS) is 11.5. The fraction of sp³-hybridized carbons (Fsp3) is 0.167. The molecule has 102 valence electrons. The number of halogens is 1. The summed E-state index contributed by atoms with van der Waals surface area (Å²) in [6.07, 6.45) is 3.89. The van der Waals surface area contributed by atoms with Crippen LogP contribution < -0.4 is 10.5 Å². The van der Waals surface area contributed by atoms with Gasteiger partial charge in [0.1, 0.15) is 0 Å². The first-order valence-corrected chi connectivity index (χ1v) is 7.46. The molecule has 0 fully saturated rings. The number of benzene rings is 1. The van der Waals surface area contributed by atoms with E-state index in [4.69, 9.17) is 16.7 Å². The third-order valence-electron chi connectivity index (χ3n) is 2.64. The molecule has 0 amide bonds. The van der Waals surface area contributed by atoms with E-state index in [1.54, 1.807) is 0 Å². The third kappa shape index (κ3) is 3.50. The Balaban J connectivity index is 2.20. The van der Waals surface area contributed by atoms with Gasteiger partial charge in [-0.2, -0.15) is 0 Å². The number of hydrogen-bond donors (Lipinski definition) is 2. The zero-order valence-corrected chi connectivity index (χ0v) is 11.9. The van der Waals surface area contributed by atoms with Crippen LogP contribution in [0.5, 0.6) is 0 Å². The Kier molecular flexibility index (Phi) is 3.84. The SMILES string of the molecule is Cn1ccc(CNc2cc(S(N)(=O)=O)ccc2Cl)c1. The zero-order valence-electron chi connectivity index (χ0n) is 10.3. The predicted octanol–water partition coefficient (Wildman–Crippen LogP) is 1.94. The largest absolute Gasteiger partial charge is 0.380 e. The van der Waals surface area contributed by atoms with Gasteiger partial charge in [0.25, 0.3) is 0 Å². The van der Waals surface area contributed by atoms with Crippen LogP contribution in [0.4, 0.5) is 5.69 Å². The lowest BCUT2D eigenvalue weighted by molar-refractivity contribution is 0.598. The summed E-state index contributed by atoms with van der Waals surface area (Å²) < 4.78 is 24.5. The van der Waals surface area contributed by atoms with Crippen LogP contribution >= 0.6 is 11.6 Å². The van der Waals surface area contributed by atoms with Gasteiger partial charge >= 0.3 is 0 Å². The predicted molar refractivity (Wildman–Crippen MR) is 75.6 cm³/mol. The van der Waals surface area contributed by atoms with Crippen LogP contribution in [0.3, 0.4) is 0 Å². The standard InChI is InChI=1S/C12H14ClN3O2S/c1-16-5-4-9(8-16)7-15-12-6-10(19(14,17)18)2-3-11(12)13/h2-6,8,15H,7H2,1H3,(H2,14,17,18). The van der Waals surface area contributed by atoms with Gasteiger partial charge in [0.05, 0.1) is 15.6 Å². The number of primary sulfonamides is 1. The lowest BCUT2D eigenvalue weighted by Gasteiger charge is -2.09. The van der Waals surface area contributed by atoms with Crippen LogP contribution in [-0.4, -0.2) is 13.0 Å². The summed E-state index contributed by atoms with van der Waals surface area (Å²) in [5.74, 6) is 0. The third-order valence-corrected chi connectivity index (χ3v) is 3.88. The topological polar surface area (TPSA) is 77.1 Å². The van der Waals surface area contributed by atoms with Crippen molar-refractivity contribution in [1.29, 1.82) is 0 Å². The van der Waals surface area contributed by atoms with Crippen molar-refractivity contribution < 1.29 is 8.42 Å². The van der Waals surface area contributed by atoms with Crippen LogP contribution in [0, 0.1) is 0 Å². The Labute approximate surface area is 117 Å². The van der Waals surface area contributed by atoms with Crippen molar-refractivity contribution in [1.82, 2.24) is 4.57 Å². The molecule has 0 aliphatic heterocycles. The van der Waals surface area contributed by atoms with E-state index in [0.717, 1.165) is 5.56 Å². The van der Waals surface area contributed by atoms with Crippen LogP contribution in [0.2, 0.25) is 5.02 Å². The Hall–Kier alpha value is -1.50. The average Bonchev–Trinajstić information content (AvgIpc) is 2.72. The maximum atomic E-state index is 11.3. The number of nitrogens with zero attached hydrogens (tertiary/aromatic N) is 1. The van der Waals surface area contributed by atoms with E-state index in [1.165, 1.54) is 18.2 Å². The summed E-state index contributed by atoms with van der Waals surface area (Å²) in [7, 11) is -1.80. The molecule has 0 spiro atoms. The number of sulfonamides is 1. The molecule has 0 radical (unpaired) electrons. The fourth-order valence-corrected chi connectivity index (χ4v) is 2.40. The summed E-state index contributed by atoms with van der Waals surface area (Å²) in [6.45, 7) is 0.550. The zero-order chi connectivity index (χ0) is 14.0. The van der Waals surface area contributed by atoms with E-state index >= 15 is 0 Å². The molecule has 0 saturated heterocycles. The number of nitrogens with one attached hydrogen (secondary N) is 1. The summed E-state index contributed by atoms with van der Waals surface area (Å²) in [5, 5.41) is 8.62. The average molecular weight is 300 g/mol. The van der Waals surface area contributed by atoms with Crippen LogP contribution in [0.25, 0.3) is 0 Å². The monoisotopic (exact) mass is 299 g/mol. The number of nitrogens with two attached hydrogens (primary N) is 1. The lowest BCUT2D eigenvalue weighted by Crippen LogP contribution is -2.12. The molecular formula is C12H14ClN3O2S. The smallest absolute Gasteiger partial charge is 0.238 e. The quantitative estimate of drug-likeness (QED) is 0.905. The molecule has 0 unspecified atom stereocenters. The molecule has 2 rings (SSSR count). The molecule has 1 aromatic heterocycles. The molecule has 1 aromatic carbocycles. The molecule has 3 N–H and O–H groups in total. The summed E-state index contributed by atoms with van der Waals surface area (Å²) >= 11 is 6.01. The van der Waals surface area contributed by atoms with E-state index < -0.39 is 10.0 Å². The Bertz CT molecular complexity index is 695. The molecule has 19 heavy (non-hydrogen) atoms. The summed E-state index contributed by atoms with van der Waals surface area (Å²) in [6, 6.07) is 6.28. The number of hydrogen-bond acceptors (Lipinski definition) is 3. The number of aryl methyl sites for hydroxylation is 1. The first kappa shape index (κ1) is 13.9. The van der Waals surface area contributed by atoms with Crippen molar-refractivity contribution in [3.63, 3.8) is 0 Å². The highest BCUT2D eigenvalue weighted by atomic mass is 35.5. The molecule has 0 bridgehead atoms. The molecular weight excluding hydrogens is 286 g/mol. The highest BCUT2D eigenvalue weighted by molar-refractivity contribution is 7.89. The van der Waals surface area contributed by atoms with E-state index in [-0.39, 0.29) is 4.90 Å². The van der Waals surface area contributed by atoms with Gasteiger partial charge in [-0.05, 0) is 29.8 Å². The number of rotatable bonds is 4. The van der Waals surface area contributed by atoms with Gasteiger partial charge in [0, 0.05) is 26.0 Å². The molecule has 5 nitrogen and oxygen atoms in total. The van der Waals surface area contributed by atoms with Gasteiger partial charge in [0.2, 0.25) is 10.0 Å². The molecule has 0 atom stereocenters. The van der Waals surface area contributed by atoms with Crippen LogP contribution in [0.15, 0.2) is 41.6 Å². The number of anilines is 1. The maximum absolute atomic E-state index is 11.3. The Morgan fingerprint density at radius 2 is 2.11 bits per heavy atom. The molecule has 2 aromatic rings. The molecule has 0 aliphatic carbocycles. The highest BCUT2D eigenvalue weighted by Crippen LogP contribution is 2.25. The van der Waals surface area contributed by atoms with E-state index in [1.807, 2.05) is 30.1 Å². The molecule has 7 heteroatoms. The minimum atomic E-state index is -3.72. The second kappa shape index (κ2) is 5.24. The van der Waals surface area contributed by atoms with E-state index in [9.17, 15) is 8.42 Å². The minimum absolute atomic E-state index is 0.0347. The van der Waals surface area contributed by atoms with Crippen molar-refractivity contribution in [3.05, 3.63) is 47.2 Å². The van der Waals surface area contributed by atoms with Crippen molar-refractivity contribution in [2.75, 3.05) is 5.32 Å². The maximum Gasteiger partial charge on any atom is 0.238 e. The van der Waals surface area contributed by atoms with Gasteiger partial charge in [-0.15, -0.1) is 0 Å². The van der Waals surface area contributed by atoms with Crippen molar-refractivity contribution >= 4 is 27.3 Å².